The van der Waals surface area contributed by atoms with E-state index in [1.165, 1.54) is 4.90 Å². The lowest BCUT2D eigenvalue weighted by Crippen LogP contribution is -2.29. The van der Waals surface area contributed by atoms with E-state index in [2.05, 4.69) is 11.1 Å². The summed E-state index contributed by atoms with van der Waals surface area (Å²) >= 11 is 5.27. The minimum Gasteiger partial charge on any atom is -0.347 e. The van der Waals surface area contributed by atoms with E-state index in [0.29, 0.717) is 15.9 Å². The molecule has 0 bridgehead atoms. The summed E-state index contributed by atoms with van der Waals surface area (Å²) in [6.07, 6.45) is 0. The molecule has 98 valence electrons. The fourth-order valence-electron chi connectivity index (χ4n) is 2.11. The Morgan fingerprint density at radius 3 is 2.79 bits per heavy atom. The molecule has 0 saturated heterocycles. The van der Waals surface area contributed by atoms with Crippen molar-refractivity contribution in [3.8, 4) is 6.07 Å². The fourth-order valence-corrected chi connectivity index (χ4v) is 2.47. The van der Waals surface area contributed by atoms with E-state index in [4.69, 9.17) is 17.5 Å². The SMILES string of the molecule is CC(C(=O)N(C)C)n1c(=S)[nH]c2c(C#N)cccc21. The van der Waals surface area contributed by atoms with Crippen molar-refractivity contribution in [3.05, 3.63) is 28.5 Å². The molecular formula is C13H14N4OS. The summed E-state index contributed by atoms with van der Waals surface area (Å²) in [4.78, 5) is 16.6. The smallest absolute Gasteiger partial charge is 0.244 e. The van der Waals surface area contributed by atoms with E-state index in [1.54, 1.807) is 37.7 Å². The average Bonchev–Trinajstić information content (AvgIpc) is 2.72. The molecular weight excluding hydrogens is 260 g/mol. The Kier molecular flexibility index (Phi) is 3.40. The highest BCUT2D eigenvalue weighted by Crippen LogP contribution is 2.22. The van der Waals surface area contributed by atoms with Crippen LogP contribution in [0.5, 0.6) is 0 Å². The van der Waals surface area contributed by atoms with Gasteiger partial charge in [0.25, 0.3) is 0 Å². The maximum Gasteiger partial charge on any atom is 0.244 e. The number of likely N-dealkylation sites (N-methyl/N-ethyl adjacent to an activating group) is 1. The summed E-state index contributed by atoms with van der Waals surface area (Å²) in [5.74, 6) is -0.0423. The number of carbonyl (C=O) groups is 1. The lowest BCUT2D eigenvalue weighted by atomic mass is 10.2. The second-order valence-corrected chi connectivity index (χ2v) is 4.91. The van der Waals surface area contributed by atoms with E-state index in [-0.39, 0.29) is 5.91 Å². The number of hydrogen-bond acceptors (Lipinski definition) is 3. The zero-order chi connectivity index (χ0) is 14.2. The zero-order valence-electron chi connectivity index (χ0n) is 11.0. The minimum absolute atomic E-state index is 0.0423. The number of benzene rings is 1. The minimum atomic E-state index is -0.412. The normalized spacial score (nSPS) is 12.1. The van der Waals surface area contributed by atoms with Crippen molar-refractivity contribution in [2.75, 3.05) is 14.1 Å². The summed E-state index contributed by atoms with van der Waals surface area (Å²) < 4.78 is 2.19. The van der Waals surface area contributed by atoms with Gasteiger partial charge in [-0.05, 0) is 31.3 Å². The first-order valence-corrected chi connectivity index (χ1v) is 6.22. The van der Waals surface area contributed by atoms with Gasteiger partial charge < -0.3 is 14.5 Å². The van der Waals surface area contributed by atoms with Crippen LogP contribution in [0, 0.1) is 16.1 Å². The number of fused-ring (bicyclic) bond motifs is 1. The quantitative estimate of drug-likeness (QED) is 0.854. The third kappa shape index (κ3) is 2.13. The van der Waals surface area contributed by atoms with Crippen molar-refractivity contribution in [2.45, 2.75) is 13.0 Å². The number of aromatic nitrogens is 2. The number of nitrogens with one attached hydrogen (secondary N) is 1. The molecule has 19 heavy (non-hydrogen) atoms. The third-order valence-electron chi connectivity index (χ3n) is 3.06. The molecule has 0 aliphatic carbocycles. The molecule has 2 aromatic rings. The van der Waals surface area contributed by atoms with Crippen LogP contribution in [0.25, 0.3) is 11.0 Å². The van der Waals surface area contributed by atoms with Crippen molar-refractivity contribution in [1.82, 2.24) is 14.5 Å². The van der Waals surface area contributed by atoms with Gasteiger partial charge in [-0.1, -0.05) is 6.07 Å². The second kappa shape index (κ2) is 4.86. The fraction of sp³-hybridized carbons (Fsp3) is 0.308. The number of aromatic amines is 1. The zero-order valence-corrected chi connectivity index (χ0v) is 11.8. The van der Waals surface area contributed by atoms with Gasteiger partial charge in [0.15, 0.2) is 4.77 Å². The Hall–Kier alpha value is -2.13. The van der Waals surface area contributed by atoms with E-state index < -0.39 is 6.04 Å². The van der Waals surface area contributed by atoms with E-state index in [1.807, 2.05) is 6.07 Å². The summed E-state index contributed by atoms with van der Waals surface area (Å²) in [5.41, 5.74) is 1.96. The lowest BCUT2D eigenvalue weighted by Gasteiger charge is -2.18. The molecule has 1 heterocycles. The maximum atomic E-state index is 12.1. The van der Waals surface area contributed by atoms with Crippen LogP contribution in [0.15, 0.2) is 18.2 Å². The Morgan fingerprint density at radius 1 is 1.53 bits per heavy atom. The number of nitrogens with zero attached hydrogens (tertiary/aromatic N) is 3. The molecule has 1 atom stereocenters. The van der Waals surface area contributed by atoms with Gasteiger partial charge >= 0.3 is 0 Å². The average molecular weight is 274 g/mol. The molecule has 0 saturated carbocycles. The number of imidazole rings is 1. The van der Waals surface area contributed by atoms with E-state index in [9.17, 15) is 4.79 Å². The standard InChI is InChI=1S/C13H14N4OS/c1-8(12(18)16(2)3)17-10-6-4-5-9(7-14)11(10)15-13(17)19/h4-6,8H,1-3H3,(H,15,19). The Bertz CT molecular complexity index is 735. The molecule has 0 fully saturated rings. The van der Waals surface area contributed by atoms with Gasteiger partial charge in [-0.2, -0.15) is 5.26 Å². The predicted molar refractivity (Wildman–Crippen MR) is 75.2 cm³/mol. The highest BCUT2D eigenvalue weighted by Gasteiger charge is 2.20. The van der Waals surface area contributed by atoms with Crippen molar-refractivity contribution in [1.29, 1.82) is 5.26 Å². The number of hydrogen-bond donors (Lipinski definition) is 1. The first-order chi connectivity index (χ1) is 8.97. The van der Waals surface area contributed by atoms with Crippen LogP contribution in [0.4, 0.5) is 0 Å². The first-order valence-electron chi connectivity index (χ1n) is 5.82. The monoisotopic (exact) mass is 274 g/mol. The molecule has 0 radical (unpaired) electrons. The molecule has 1 aromatic heterocycles. The van der Waals surface area contributed by atoms with Gasteiger partial charge in [0.1, 0.15) is 12.1 Å². The number of amides is 1. The van der Waals surface area contributed by atoms with Crippen LogP contribution in [0.1, 0.15) is 18.5 Å². The van der Waals surface area contributed by atoms with Gasteiger partial charge in [0.05, 0.1) is 16.6 Å². The van der Waals surface area contributed by atoms with Crippen LogP contribution in [-0.2, 0) is 4.79 Å². The van der Waals surface area contributed by atoms with Crippen LogP contribution >= 0.6 is 12.2 Å². The number of H-pyrrole nitrogens is 1. The third-order valence-corrected chi connectivity index (χ3v) is 3.36. The predicted octanol–water partition coefficient (Wildman–Crippen LogP) is 2.22. The van der Waals surface area contributed by atoms with Crippen molar-refractivity contribution in [3.63, 3.8) is 0 Å². The summed E-state index contributed by atoms with van der Waals surface area (Å²) in [6.45, 7) is 1.80. The Balaban J connectivity index is 2.69. The van der Waals surface area contributed by atoms with Crippen LogP contribution < -0.4 is 0 Å². The molecule has 2 rings (SSSR count). The van der Waals surface area contributed by atoms with Crippen molar-refractivity contribution >= 4 is 29.2 Å². The maximum absolute atomic E-state index is 12.1. The highest BCUT2D eigenvalue weighted by atomic mass is 32.1. The topological polar surface area (TPSA) is 64.8 Å². The molecule has 0 aliphatic rings. The Morgan fingerprint density at radius 2 is 2.21 bits per heavy atom. The van der Waals surface area contributed by atoms with E-state index in [0.717, 1.165) is 5.52 Å². The summed E-state index contributed by atoms with van der Waals surface area (Å²) in [5, 5.41) is 9.08. The summed E-state index contributed by atoms with van der Waals surface area (Å²) in [6, 6.07) is 7.06. The number of rotatable bonds is 2. The lowest BCUT2D eigenvalue weighted by molar-refractivity contribution is -0.131. The van der Waals surface area contributed by atoms with Crippen LogP contribution in [-0.4, -0.2) is 34.5 Å². The number of carbonyl (C=O) groups excluding carboxylic acids is 1. The van der Waals surface area contributed by atoms with Crippen LogP contribution in [0.3, 0.4) is 0 Å². The van der Waals surface area contributed by atoms with Crippen molar-refractivity contribution < 1.29 is 4.79 Å². The molecule has 6 heteroatoms. The van der Waals surface area contributed by atoms with Gasteiger partial charge in [0.2, 0.25) is 5.91 Å². The van der Waals surface area contributed by atoms with Gasteiger partial charge in [0, 0.05) is 14.1 Å². The van der Waals surface area contributed by atoms with Crippen molar-refractivity contribution in [2.24, 2.45) is 0 Å². The second-order valence-electron chi connectivity index (χ2n) is 4.52. The molecule has 1 N–H and O–H groups in total. The molecule has 1 aromatic carbocycles. The highest BCUT2D eigenvalue weighted by molar-refractivity contribution is 7.71. The largest absolute Gasteiger partial charge is 0.347 e. The Labute approximate surface area is 116 Å². The molecule has 1 unspecified atom stereocenters. The van der Waals surface area contributed by atoms with E-state index >= 15 is 0 Å². The van der Waals surface area contributed by atoms with Crippen LogP contribution in [0.2, 0.25) is 0 Å². The molecule has 0 spiro atoms. The van der Waals surface area contributed by atoms with Gasteiger partial charge in [-0.25, -0.2) is 0 Å². The number of nitriles is 1. The molecule has 0 aliphatic heterocycles. The first kappa shape index (κ1) is 13.3. The summed E-state index contributed by atoms with van der Waals surface area (Å²) in [7, 11) is 3.41. The number of para-hydroxylation sites is 1. The van der Waals surface area contributed by atoms with Gasteiger partial charge in [-0.15, -0.1) is 0 Å². The molecule has 1 amide bonds. The molecule has 5 nitrogen and oxygen atoms in total. The van der Waals surface area contributed by atoms with Gasteiger partial charge in [-0.3, -0.25) is 4.79 Å².